The predicted molar refractivity (Wildman–Crippen MR) is 63.4 cm³/mol. The van der Waals surface area contributed by atoms with Gasteiger partial charge in [0.25, 0.3) is 10.0 Å². The molecule has 9 heteroatoms. The summed E-state index contributed by atoms with van der Waals surface area (Å²) in [6.45, 7) is -0.0378. The van der Waals surface area contributed by atoms with Crippen LogP contribution in [-0.2, 0) is 23.1 Å². The molecule has 0 unspecified atom stereocenters. The van der Waals surface area contributed by atoms with Crippen LogP contribution in [0.1, 0.15) is 11.4 Å². The summed E-state index contributed by atoms with van der Waals surface area (Å²) in [6.07, 6.45) is 2.82. The first kappa shape index (κ1) is 13.6. The molecule has 8 nitrogen and oxygen atoms in total. The molecule has 2 aromatic rings. The molecule has 19 heavy (non-hydrogen) atoms. The molecule has 0 radical (unpaired) electrons. The zero-order valence-corrected chi connectivity index (χ0v) is 10.7. The molecular formula is C10H12N4O4S. The van der Waals surface area contributed by atoms with Crippen LogP contribution in [-0.4, -0.2) is 35.2 Å². The molecule has 0 fully saturated rings. The van der Waals surface area contributed by atoms with E-state index in [1.807, 2.05) is 0 Å². The van der Waals surface area contributed by atoms with Crippen molar-refractivity contribution in [1.29, 1.82) is 0 Å². The van der Waals surface area contributed by atoms with Crippen molar-refractivity contribution < 1.29 is 18.0 Å². The molecule has 0 saturated carbocycles. The van der Waals surface area contributed by atoms with E-state index in [1.54, 1.807) is 0 Å². The minimum absolute atomic E-state index is 0.0992. The molecular weight excluding hydrogens is 272 g/mol. The molecule has 0 atom stereocenters. The summed E-state index contributed by atoms with van der Waals surface area (Å²) in [4.78, 5) is 7.55. The summed E-state index contributed by atoms with van der Waals surface area (Å²) in [6, 6.07) is 2.84. The third-order valence-corrected chi connectivity index (χ3v) is 3.68. The van der Waals surface area contributed by atoms with Gasteiger partial charge in [-0.15, -0.1) is 0 Å². The average Bonchev–Trinajstić information content (AvgIpc) is 2.92. The maximum atomic E-state index is 11.9. The van der Waals surface area contributed by atoms with E-state index in [2.05, 4.69) is 24.4 Å². The van der Waals surface area contributed by atoms with Crippen molar-refractivity contribution >= 4 is 10.0 Å². The zero-order valence-electron chi connectivity index (χ0n) is 9.85. The second-order valence-electron chi connectivity index (χ2n) is 3.66. The summed E-state index contributed by atoms with van der Waals surface area (Å²) in [5.74, 6) is 0.422. The lowest BCUT2D eigenvalue weighted by molar-refractivity contribution is 0.281. The van der Waals surface area contributed by atoms with Crippen LogP contribution in [0, 0.1) is 0 Å². The molecule has 0 spiro atoms. The normalized spacial score (nSPS) is 11.6. The predicted octanol–water partition coefficient (Wildman–Crippen LogP) is -0.522. The van der Waals surface area contributed by atoms with Crippen molar-refractivity contribution in [3.8, 4) is 0 Å². The van der Waals surface area contributed by atoms with Gasteiger partial charge in [-0.1, -0.05) is 11.2 Å². The molecule has 0 aromatic carbocycles. The first-order valence-corrected chi connectivity index (χ1v) is 6.91. The molecule has 0 aliphatic carbocycles. The van der Waals surface area contributed by atoms with Crippen LogP contribution in [0.3, 0.4) is 0 Å². The van der Waals surface area contributed by atoms with Crippen molar-refractivity contribution in [3.05, 3.63) is 36.1 Å². The van der Waals surface area contributed by atoms with Gasteiger partial charge in [0.2, 0.25) is 6.39 Å². The molecule has 0 bridgehead atoms. The number of aliphatic hydroxyl groups is 1. The third kappa shape index (κ3) is 3.56. The molecule has 0 amide bonds. The summed E-state index contributed by atoms with van der Waals surface area (Å²) in [5.41, 5.74) is 0.547. The van der Waals surface area contributed by atoms with E-state index in [0.717, 1.165) is 0 Å². The Morgan fingerprint density at radius 1 is 1.32 bits per heavy atom. The van der Waals surface area contributed by atoms with E-state index >= 15 is 0 Å². The summed E-state index contributed by atoms with van der Waals surface area (Å²) in [7, 11) is -3.67. The largest absolute Gasteiger partial charge is 0.392 e. The van der Waals surface area contributed by atoms with Gasteiger partial charge in [0.05, 0.1) is 6.61 Å². The molecule has 0 saturated heterocycles. The van der Waals surface area contributed by atoms with Crippen molar-refractivity contribution in [3.63, 3.8) is 0 Å². The van der Waals surface area contributed by atoms with Gasteiger partial charge < -0.3 is 9.63 Å². The Morgan fingerprint density at radius 3 is 2.74 bits per heavy atom. The molecule has 0 aliphatic rings. The lowest BCUT2D eigenvalue weighted by Gasteiger charge is -2.05. The van der Waals surface area contributed by atoms with Gasteiger partial charge in [0.1, 0.15) is 0 Å². The topological polar surface area (TPSA) is 118 Å². The average molecular weight is 284 g/mol. The highest BCUT2D eigenvalue weighted by Crippen LogP contribution is 2.06. The molecule has 2 heterocycles. The number of nitrogens with one attached hydrogen (secondary N) is 1. The van der Waals surface area contributed by atoms with E-state index in [0.29, 0.717) is 17.8 Å². The fourth-order valence-electron chi connectivity index (χ4n) is 1.34. The quantitative estimate of drug-likeness (QED) is 0.732. The molecule has 2 N–H and O–H groups in total. The summed E-state index contributed by atoms with van der Waals surface area (Å²) in [5, 5.41) is 12.3. The number of aromatic nitrogens is 3. The Kier molecular flexibility index (Phi) is 4.20. The van der Waals surface area contributed by atoms with Crippen molar-refractivity contribution in [1.82, 2.24) is 19.8 Å². The highest BCUT2D eigenvalue weighted by molar-refractivity contribution is 7.89. The maximum absolute atomic E-state index is 11.9. The van der Waals surface area contributed by atoms with Crippen molar-refractivity contribution in [2.24, 2.45) is 0 Å². The van der Waals surface area contributed by atoms with E-state index in [1.165, 1.54) is 24.7 Å². The highest BCUT2D eigenvalue weighted by atomic mass is 32.2. The summed E-state index contributed by atoms with van der Waals surface area (Å²) >= 11 is 0. The van der Waals surface area contributed by atoms with Crippen molar-refractivity contribution in [2.45, 2.75) is 18.1 Å². The van der Waals surface area contributed by atoms with Gasteiger partial charge in [-0.2, -0.15) is 4.98 Å². The minimum Gasteiger partial charge on any atom is -0.392 e. The fraction of sp³-hybridized carbons (Fsp3) is 0.300. The Morgan fingerprint density at radius 2 is 2.16 bits per heavy atom. The van der Waals surface area contributed by atoms with E-state index in [4.69, 9.17) is 5.11 Å². The van der Waals surface area contributed by atoms with E-state index in [9.17, 15) is 8.42 Å². The number of rotatable bonds is 6. The van der Waals surface area contributed by atoms with Gasteiger partial charge in [0.15, 0.2) is 10.9 Å². The lowest BCUT2D eigenvalue weighted by atomic mass is 10.3. The van der Waals surface area contributed by atoms with Gasteiger partial charge in [-0.25, -0.2) is 18.1 Å². The first-order chi connectivity index (χ1) is 9.12. The van der Waals surface area contributed by atoms with Crippen LogP contribution in [0.15, 0.2) is 34.3 Å². The molecule has 102 valence electrons. The van der Waals surface area contributed by atoms with E-state index in [-0.39, 0.29) is 18.2 Å². The van der Waals surface area contributed by atoms with Gasteiger partial charge in [-0.05, 0) is 11.6 Å². The Balaban J connectivity index is 1.97. The minimum atomic E-state index is -3.67. The third-order valence-electron chi connectivity index (χ3n) is 2.30. The SMILES string of the molecule is O=S(=O)(NCCc1ncon1)c1ccc(CO)cn1. The highest BCUT2D eigenvalue weighted by Gasteiger charge is 2.15. The van der Waals surface area contributed by atoms with Crippen LogP contribution in [0.4, 0.5) is 0 Å². The monoisotopic (exact) mass is 284 g/mol. The van der Waals surface area contributed by atoms with Gasteiger partial charge in [-0.3, -0.25) is 0 Å². The second-order valence-corrected chi connectivity index (χ2v) is 5.37. The number of sulfonamides is 1. The number of hydrogen-bond acceptors (Lipinski definition) is 7. The lowest BCUT2D eigenvalue weighted by Crippen LogP contribution is -2.27. The maximum Gasteiger partial charge on any atom is 0.258 e. The van der Waals surface area contributed by atoms with Crippen LogP contribution in [0.2, 0.25) is 0 Å². The van der Waals surface area contributed by atoms with Gasteiger partial charge in [0, 0.05) is 19.2 Å². The van der Waals surface area contributed by atoms with Crippen LogP contribution < -0.4 is 4.72 Å². The molecule has 2 aromatic heterocycles. The molecule has 2 rings (SSSR count). The Bertz CT molecular complexity index is 609. The number of nitrogens with zero attached hydrogens (tertiary/aromatic N) is 3. The number of hydrogen-bond donors (Lipinski definition) is 2. The van der Waals surface area contributed by atoms with Crippen LogP contribution >= 0.6 is 0 Å². The summed E-state index contributed by atoms with van der Waals surface area (Å²) < 4.78 is 30.6. The first-order valence-electron chi connectivity index (χ1n) is 5.42. The smallest absolute Gasteiger partial charge is 0.258 e. The van der Waals surface area contributed by atoms with Gasteiger partial charge >= 0.3 is 0 Å². The van der Waals surface area contributed by atoms with Crippen LogP contribution in [0.25, 0.3) is 0 Å². The zero-order chi connectivity index (χ0) is 13.7. The second kappa shape index (κ2) is 5.87. The van der Waals surface area contributed by atoms with E-state index < -0.39 is 10.0 Å². The fourth-order valence-corrected chi connectivity index (χ4v) is 2.29. The Labute approximate surface area is 109 Å². The number of aliphatic hydroxyl groups excluding tert-OH is 1. The molecule has 0 aliphatic heterocycles. The van der Waals surface area contributed by atoms with Crippen LogP contribution in [0.5, 0.6) is 0 Å². The Hall–Kier alpha value is -1.84. The number of pyridine rings is 1. The van der Waals surface area contributed by atoms with Crippen molar-refractivity contribution in [2.75, 3.05) is 6.54 Å². The standard InChI is InChI=1S/C10H12N4O4S/c15-6-8-1-2-10(11-5-8)19(16,17)13-4-3-9-12-7-18-14-9/h1-2,5,7,13,15H,3-4,6H2.